The summed E-state index contributed by atoms with van der Waals surface area (Å²) >= 11 is 0. The number of fused-ring (bicyclic) bond motifs is 9. The third-order valence-corrected chi connectivity index (χ3v) is 13.5. The number of benzene rings is 10. The molecule has 0 atom stereocenters. The Morgan fingerprint density at radius 2 is 0.812 bits per heavy atom. The maximum Gasteiger partial charge on any atom is 0.167 e. The molecule has 14 rings (SSSR count). The second kappa shape index (κ2) is 15.6. The Morgan fingerprint density at radius 3 is 1.58 bits per heavy atom. The van der Waals surface area contributed by atoms with E-state index in [0.29, 0.717) is 17.5 Å². The SMILES string of the molecule is c1ccc(-c2ccc(-c3nc(-c4ccccc4)nc(-c4cccc5c4oc4ccc(-c6cccc7oc8cccc(-n9c%10ccccc%10c%10cc(-c%11ccccc%11)ccc%109)c8c67)cc45)n3)cc2)cc1. The van der Waals surface area contributed by atoms with E-state index < -0.39 is 0 Å². The Hall–Kier alpha value is -9.39. The monoisotopic (exact) mass is 882 g/mol. The number of para-hydroxylation sites is 2. The van der Waals surface area contributed by atoms with E-state index in [2.05, 4.69) is 193 Å². The van der Waals surface area contributed by atoms with E-state index in [-0.39, 0.29) is 0 Å². The quantitative estimate of drug-likeness (QED) is 0.159. The molecule has 0 fully saturated rings. The summed E-state index contributed by atoms with van der Waals surface area (Å²) in [5.74, 6) is 1.72. The summed E-state index contributed by atoms with van der Waals surface area (Å²) in [6.45, 7) is 0. The minimum Gasteiger partial charge on any atom is -0.456 e. The lowest BCUT2D eigenvalue weighted by Gasteiger charge is -2.11. The van der Waals surface area contributed by atoms with E-state index in [1.165, 1.54) is 21.9 Å². The van der Waals surface area contributed by atoms with Crippen LogP contribution in [0.15, 0.2) is 239 Å². The van der Waals surface area contributed by atoms with Crippen LogP contribution >= 0.6 is 0 Å². The van der Waals surface area contributed by atoms with Crippen molar-refractivity contribution in [1.29, 1.82) is 0 Å². The van der Waals surface area contributed by atoms with Gasteiger partial charge in [-0.1, -0.05) is 176 Å². The lowest BCUT2D eigenvalue weighted by atomic mass is 9.97. The molecule has 4 heterocycles. The summed E-state index contributed by atoms with van der Waals surface area (Å²) in [4.78, 5) is 15.2. The van der Waals surface area contributed by atoms with E-state index in [4.69, 9.17) is 23.8 Å². The van der Waals surface area contributed by atoms with Crippen LogP contribution in [-0.4, -0.2) is 19.5 Å². The normalized spacial score (nSPS) is 11.8. The molecule has 0 spiro atoms. The van der Waals surface area contributed by atoms with Gasteiger partial charge in [0.25, 0.3) is 0 Å². The van der Waals surface area contributed by atoms with Crippen molar-refractivity contribution in [3.05, 3.63) is 231 Å². The van der Waals surface area contributed by atoms with Gasteiger partial charge in [0.15, 0.2) is 17.5 Å². The second-order valence-electron chi connectivity index (χ2n) is 17.5. The van der Waals surface area contributed by atoms with Gasteiger partial charge in [-0.25, -0.2) is 15.0 Å². The van der Waals surface area contributed by atoms with Crippen molar-refractivity contribution in [2.45, 2.75) is 0 Å². The molecule has 0 N–H and O–H groups in total. The summed E-state index contributed by atoms with van der Waals surface area (Å²) in [5, 5.41) is 6.51. The molecular formula is C63H38N4O2. The van der Waals surface area contributed by atoms with Gasteiger partial charge in [0.2, 0.25) is 0 Å². The van der Waals surface area contributed by atoms with Gasteiger partial charge >= 0.3 is 0 Å². The largest absolute Gasteiger partial charge is 0.456 e. The molecule has 0 saturated carbocycles. The predicted octanol–water partition coefficient (Wildman–Crippen LogP) is 16.8. The predicted molar refractivity (Wildman–Crippen MR) is 281 cm³/mol. The average Bonchev–Trinajstić information content (AvgIpc) is 4.11. The van der Waals surface area contributed by atoms with Crippen LogP contribution in [0.2, 0.25) is 0 Å². The molecule has 0 aliphatic carbocycles. The number of nitrogens with zero attached hydrogens (tertiary/aromatic N) is 4. The first-order chi connectivity index (χ1) is 34.2. The highest BCUT2D eigenvalue weighted by Crippen LogP contribution is 2.44. The van der Waals surface area contributed by atoms with Gasteiger partial charge in [-0.3, -0.25) is 0 Å². The number of rotatable bonds is 7. The zero-order chi connectivity index (χ0) is 45.4. The van der Waals surface area contributed by atoms with E-state index in [1.807, 2.05) is 42.5 Å². The van der Waals surface area contributed by atoms with E-state index in [9.17, 15) is 0 Å². The third kappa shape index (κ3) is 6.38. The smallest absolute Gasteiger partial charge is 0.167 e. The minimum atomic E-state index is 0.541. The van der Waals surface area contributed by atoms with Gasteiger partial charge in [-0.15, -0.1) is 0 Å². The maximum absolute atomic E-state index is 6.79. The van der Waals surface area contributed by atoms with Crippen LogP contribution < -0.4 is 0 Å². The highest BCUT2D eigenvalue weighted by atomic mass is 16.3. The van der Waals surface area contributed by atoms with Gasteiger partial charge in [0.1, 0.15) is 22.3 Å². The summed E-state index contributed by atoms with van der Waals surface area (Å²) in [5.41, 5.74) is 15.9. The standard InChI is InChI=1S/C63H38N4O2/c1-4-15-39(16-5-1)41-29-31-43(32-30-41)62-64-61(42-19-8-3-9-20-42)65-63(66-62)49-24-12-23-48-51-38-45(34-36-55(51)69-60(48)49)46-22-13-27-56-58(46)59-54(26-14-28-57(59)68-56)67-52-25-11-10-21-47(52)50-37-44(33-35-53(50)67)40-17-6-2-7-18-40/h1-38H. The number of aromatic nitrogens is 4. The average molecular weight is 883 g/mol. The van der Waals surface area contributed by atoms with Crippen molar-refractivity contribution in [3.8, 4) is 73.2 Å². The zero-order valence-corrected chi connectivity index (χ0v) is 37.0. The lowest BCUT2D eigenvalue weighted by Crippen LogP contribution is -2.00. The van der Waals surface area contributed by atoms with E-state index in [0.717, 1.165) is 99.5 Å². The van der Waals surface area contributed by atoms with Crippen LogP contribution in [0.3, 0.4) is 0 Å². The van der Waals surface area contributed by atoms with Crippen molar-refractivity contribution >= 4 is 65.7 Å². The van der Waals surface area contributed by atoms with Gasteiger partial charge in [0, 0.05) is 38.1 Å². The van der Waals surface area contributed by atoms with Gasteiger partial charge in [0.05, 0.1) is 27.7 Å². The van der Waals surface area contributed by atoms with Crippen LogP contribution in [-0.2, 0) is 0 Å². The molecule has 0 bridgehead atoms. The molecule has 322 valence electrons. The van der Waals surface area contributed by atoms with Crippen molar-refractivity contribution in [1.82, 2.24) is 19.5 Å². The minimum absolute atomic E-state index is 0.541. The van der Waals surface area contributed by atoms with Gasteiger partial charge < -0.3 is 13.4 Å². The van der Waals surface area contributed by atoms with Crippen molar-refractivity contribution in [2.75, 3.05) is 0 Å². The number of furan rings is 2. The molecule has 69 heavy (non-hydrogen) atoms. The fourth-order valence-electron chi connectivity index (χ4n) is 10.2. The highest BCUT2D eigenvalue weighted by molar-refractivity contribution is 6.19. The summed E-state index contributed by atoms with van der Waals surface area (Å²) in [7, 11) is 0. The molecule has 10 aromatic carbocycles. The Balaban J connectivity index is 0.918. The Bertz CT molecular complexity index is 4290. The van der Waals surface area contributed by atoms with Gasteiger partial charge in [-0.2, -0.15) is 0 Å². The van der Waals surface area contributed by atoms with Gasteiger partial charge in [-0.05, 0) is 88.0 Å². The van der Waals surface area contributed by atoms with Crippen LogP contribution in [0, 0.1) is 0 Å². The number of hydrogen-bond donors (Lipinski definition) is 0. The van der Waals surface area contributed by atoms with Crippen molar-refractivity contribution in [3.63, 3.8) is 0 Å². The van der Waals surface area contributed by atoms with Crippen molar-refractivity contribution in [2.24, 2.45) is 0 Å². The Morgan fingerprint density at radius 1 is 0.290 bits per heavy atom. The number of hydrogen-bond acceptors (Lipinski definition) is 5. The molecule has 0 saturated heterocycles. The fraction of sp³-hybridized carbons (Fsp3) is 0. The second-order valence-corrected chi connectivity index (χ2v) is 17.5. The first-order valence-electron chi connectivity index (χ1n) is 23.2. The fourth-order valence-corrected chi connectivity index (χ4v) is 10.2. The highest BCUT2D eigenvalue weighted by Gasteiger charge is 2.22. The molecule has 0 unspecified atom stereocenters. The molecule has 0 amide bonds. The van der Waals surface area contributed by atoms with Crippen LogP contribution in [0.5, 0.6) is 0 Å². The van der Waals surface area contributed by atoms with E-state index in [1.54, 1.807) is 0 Å². The third-order valence-electron chi connectivity index (χ3n) is 13.5. The first-order valence-corrected chi connectivity index (χ1v) is 23.2. The molecule has 0 radical (unpaired) electrons. The summed E-state index contributed by atoms with van der Waals surface area (Å²) in [6.07, 6.45) is 0. The Kier molecular flexibility index (Phi) is 8.79. The van der Waals surface area contributed by atoms with E-state index >= 15 is 0 Å². The first kappa shape index (κ1) is 38.8. The summed E-state index contributed by atoms with van der Waals surface area (Å²) in [6, 6.07) is 80.4. The molecule has 0 aliphatic heterocycles. The molecule has 0 aliphatic rings. The molecule has 6 heteroatoms. The maximum atomic E-state index is 6.79. The Labute approximate surface area is 396 Å². The van der Waals surface area contributed by atoms with Crippen LogP contribution in [0.25, 0.3) is 139 Å². The lowest BCUT2D eigenvalue weighted by molar-refractivity contribution is 0.669. The molecule has 4 aromatic heterocycles. The molecule has 6 nitrogen and oxygen atoms in total. The molecular weight excluding hydrogens is 845 g/mol. The molecule has 14 aromatic rings. The van der Waals surface area contributed by atoms with Crippen LogP contribution in [0.1, 0.15) is 0 Å². The van der Waals surface area contributed by atoms with Crippen molar-refractivity contribution < 1.29 is 8.83 Å². The van der Waals surface area contributed by atoms with Crippen LogP contribution in [0.4, 0.5) is 0 Å². The zero-order valence-electron chi connectivity index (χ0n) is 37.0. The summed E-state index contributed by atoms with van der Waals surface area (Å²) < 4.78 is 15.9. The topological polar surface area (TPSA) is 69.9 Å².